The third-order valence-corrected chi connectivity index (χ3v) is 8.16. The smallest absolute Gasteiger partial charge is 0.253 e. The van der Waals surface area contributed by atoms with Gasteiger partial charge in [-0.15, -0.1) is 0 Å². The number of halogens is 1. The molecule has 4 aliphatic rings. The van der Waals surface area contributed by atoms with Gasteiger partial charge in [0.15, 0.2) is 0 Å². The molecule has 4 fully saturated rings. The minimum absolute atomic E-state index is 0.0338. The number of fused-ring (bicyclic) bond motifs is 2. The molecule has 2 aromatic rings. The summed E-state index contributed by atoms with van der Waals surface area (Å²) in [5, 5.41) is 7.07. The molecule has 1 aromatic heterocycles. The van der Waals surface area contributed by atoms with Crippen LogP contribution in [0, 0.1) is 0 Å². The Balaban J connectivity index is 1.11. The van der Waals surface area contributed by atoms with Crippen molar-refractivity contribution in [1.29, 1.82) is 0 Å². The van der Waals surface area contributed by atoms with Gasteiger partial charge in [-0.05, 0) is 75.1 Å². The molecule has 0 spiro atoms. The summed E-state index contributed by atoms with van der Waals surface area (Å²) in [6.07, 6.45) is 9.63. The van der Waals surface area contributed by atoms with Gasteiger partial charge in [0.25, 0.3) is 5.91 Å². The summed E-state index contributed by atoms with van der Waals surface area (Å²) in [6.45, 7) is 0. The second-order valence-electron chi connectivity index (χ2n) is 10.1. The summed E-state index contributed by atoms with van der Waals surface area (Å²) in [4.78, 5) is 32.6. The van der Waals surface area contributed by atoms with Crippen LogP contribution in [0.15, 0.2) is 42.6 Å². The van der Waals surface area contributed by atoms with Crippen LogP contribution in [-0.4, -0.2) is 41.0 Å². The van der Waals surface area contributed by atoms with Crippen LogP contribution in [0.2, 0.25) is 5.02 Å². The highest BCUT2D eigenvalue weighted by molar-refractivity contribution is 6.31. The van der Waals surface area contributed by atoms with E-state index in [-0.39, 0.29) is 17.9 Å². The van der Waals surface area contributed by atoms with Crippen molar-refractivity contribution < 1.29 is 9.59 Å². The lowest BCUT2D eigenvalue weighted by Gasteiger charge is -2.40. The Kier molecular flexibility index (Phi) is 5.09. The Morgan fingerprint density at radius 3 is 2.27 bits per heavy atom. The second kappa shape index (κ2) is 8.01. The molecule has 7 heteroatoms. The molecular formula is C26H29ClN4O2. The quantitative estimate of drug-likeness (QED) is 0.678. The molecule has 2 saturated heterocycles. The van der Waals surface area contributed by atoms with Crippen LogP contribution in [0.4, 0.5) is 5.82 Å². The highest BCUT2D eigenvalue weighted by atomic mass is 35.5. The van der Waals surface area contributed by atoms with Gasteiger partial charge in [0.2, 0.25) is 5.91 Å². The van der Waals surface area contributed by atoms with Crippen LogP contribution in [0.3, 0.4) is 0 Å². The van der Waals surface area contributed by atoms with Crippen molar-refractivity contribution >= 4 is 29.2 Å². The molecule has 2 saturated carbocycles. The molecule has 3 atom stereocenters. The van der Waals surface area contributed by atoms with E-state index >= 15 is 0 Å². The summed E-state index contributed by atoms with van der Waals surface area (Å²) >= 11 is 6.42. The van der Waals surface area contributed by atoms with Crippen LogP contribution in [0.1, 0.15) is 67.3 Å². The van der Waals surface area contributed by atoms with Crippen LogP contribution in [-0.2, 0) is 10.2 Å². The van der Waals surface area contributed by atoms with E-state index in [1.54, 1.807) is 6.20 Å². The van der Waals surface area contributed by atoms with Crippen LogP contribution >= 0.6 is 11.6 Å². The first kappa shape index (κ1) is 21.0. The average molecular weight is 465 g/mol. The molecule has 2 N–H and O–H groups in total. The lowest BCUT2D eigenvalue weighted by Crippen LogP contribution is -2.52. The number of carbonyl (C=O) groups excluding carboxylic acids is 2. The van der Waals surface area contributed by atoms with Crippen molar-refractivity contribution in [3.8, 4) is 0 Å². The van der Waals surface area contributed by atoms with Gasteiger partial charge >= 0.3 is 0 Å². The van der Waals surface area contributed by atoms with E-state index in [2.05, 4.69) is 20.5 Å². The minimum atomic E-state index is -0.451. The Bertz CT molecular complexity index is 1070. The predicted octanol–water partition coefficient (Wildman–Crippen LogP) is 3.98. The maximum absolute atomic E-state index is 13.3. The van der Waals surface area contributed by atoms with Crippen molar-refractivity contribution in [2.45, 2.75) is 80.9 Å². The number of nitrogens with zero attached hydrogens (tertiary/aromatic N) is 2. The maximum Gasteiger partial charge on any atom is 0.253 e. The fourth-order valence-electron chi connectivity index (χ4n) is 5.76. The van der Waals surface area contributed by atoms with Gasteiger partial charge in [0.1, 0.15) is 5.82 Å². The number of pyridine rings is 1. The monoisotopic (exact) mass is 464 g/mol. The van der Waals surface area contributed by atoms with Gasteiger partial charge in [0, 0.05) is 35.4 Å². The Morgan fingerprint density at radius 2 is 1.67 bits per heavy atom. The topological polar surface area (TPSA) is 74.3 Å². The molecule has 2 aliphatic heterocycles. The largest absolute Gasteiger partial charge is 0.352 e. The van der Waals surface area contributed by atoms with Gasteiger partial charge in [-0.1, -0.05) is 29.8 Å². The number of amides is 2. The molecule has 33 heavy (non-hydrogen) atoms. The molecule has 2 bridgehead atoms. The van der Waals surface area contributed by atoms with E-state index < -0.39 is 5.41 Å². The van der Waals surface area contributed by atoms with Crippen molar-refractivity contribution in [2.75, 3.05) is 4.90 Å². The number of carbonyl (C=O) groups is 2. The lowest BCUT2D eigenvalue weighted by molar-refractivity contribution is -0.124. The second-order valence-corrected chi connectivity index (χ2v) is 10.6. The number of hydrogen-bond acceptors (Lipinski definition) is 4. The zero-order valence-corrected chi connectivity index (χ0v) is 19.4. The SMILES string of the molecule is O=C(NC1CC1)c1ccc(N2[C@@H]3CC[C@H]2CC(NC(=O)C2(c4ccccc4Cl)CC2)C3)nc1. The number of hydrogen-bond donors (Lipinski definition) is 2. The molecule has 0 radical (unpaired) electrons. The first-order valence-corrected chi connectivity index (χ1v) is 12.5. The van der Waals surface area contributed by atoms with E-state index in [1.165, 1.54) is 0 Å². The highest BCUT2D eigenvalue weighted by Crippen LogP contribution is 2.51. The Morgan fingerprint density at radius 1 is 0.939 bits per heavy atom. The highest BCUT2D eigenvalue weighted by Gasteiger charge is 2.53. The van der Waals surface area contributed by atoms with E-state index in [9.17, 15) is 9.59 Å². The normalized spacial score (nSPS) is 27.2. The number of anilines is 1. The van der Waals surface area contributed by atoms with Crippen LogP contribution < -0.4 is 15.5 Å². The average Bonchev–Trinajstić information content (AvgIpc) is 3.73. The van der Waals surface area contributed by atoms with E-state index in [0.717, 1.165) is 62.7 Å². The van der Waals surface area contributed by atoms with E-state index in [1.807, 2.05) is 36.4 Å². The molecule has 1 aromatic carbocycles. The lowest BCUT2D eigenvalue weighted by atomic mass is 9.92. The summed E-state index contributed by atoms with van der Waals surface area (Å²) in [5.41, 5.74) is 1.13. The zero-order valence-electron chi connectivity index (χ0n) is 18.6. The number of benzene rings is 1. The molecule has 3 heterocycles. The molecule has 1 unspecified atom stereocenters. The van der Waals surface area contributed by atoms with Gasteiger partial charge in [-0.3, -0.25) is 9.59 Å². The number of aromatic nitrogens is 1. The summed E-state index contributed by atoms with van der Waals surface area (Å²) in [7, 11) is 0. The van der Waals surface area contributed by atoms with Crippen LogP contribution in [0.25, 0.3) is 0 Å². The molecule has 172 valence electrons. The Hall–Kier alpha value is -2.60. The van der Waals surface area contributed by atoms with Gasteiger partial charge in [0.05, 0.1) is 11.0 Å². The van der Waals surface area contributed by atoms with Crippen molar-refractivity contribution in [1.82, 2.24) is 15.6 Å². The van der Waals surface area contributed by atoms with E-state index in [4.69, 9.17) is 11.6 Å². The minimum Gasteiger partial charge on any atom is -0.352 e. The maximum atomic E-state index is 13.3. The van der Waals surface area contributed by atoms with Crippen molar-refractivity contribution in [2.24, 2.45) is 0 Å². The fourth-order valence-corrected chi connectivity index (χ4v) is 6.07. The Labute approximate surface area is 199 Å². The standard InChI is InChI=1S/C26H29ClN4O2/c27-22-4-2-1-3-21(22)26(11-12-26)25(33)30-18-13-19-8-9-20(14-18)31(19)23-10-5-16(15-28-23)24(32)29-17-6-7-17/h1-5,10,15,17-20H,6-9,11-14H2,(H,29,32)(H,30,33)/t18?,19-,20+. The van der Waals surface area contributed by atoms with Crippen molar-refractivity contribution in [3.63, 3.8) is 0 Å². The predicted molar refractivity (Wildman–Crippen MR) is 128 cm³/mol. The number of nitrogens with one attached hydrogen (secondary N) is 2. The fraction of sp³-hybridized carbons (Fsp3) is 0.500. The third-order valence-electron chi connectivity index (χ3n) is 7.83. The summed E-state index contributed by atoms with van der Waals surface area (Å²) < 4.78 is 0. The molecule has 2 amide bonds. The molecule has 2 aliphatic carbocycles. The van der Waals surface area contributed by atoms with Crippen LogP contribution in [0.5, 0.6) is 0 Å². The van der Waals surface area contributed by atoms with Gasteiger partial charge in [-0.25, -0.2) is 4.98 Å². The molecule has 6 nitrogen and oxygen atoms in total. The van der Waals surface area contributed by atoms with Gasteiger partial charge < -0.3 is 15.5 Å². The molecule has 6 rings (SSSR count). The summed E-state index contributed by atoms with van der Waals surface area (Å²) in [5.74, 6) is 1.02. The first-order valence-electron chi connectivity index (χ1n) is 12.1. The van der Waals surface area contributed by atoms with E-state index in [0.29, 0.717) is 28.7 Å². The third kappa shape index (κ3) is 3.88. The number of piperidine rings is 1. The van der Waals surface area contributed by atoms with Gasteiger partial charge in [-0.2, -0.15) is 0 Å². The first-order chi connectivity index (χ1) is 16.0. The van der Waals surface area contributed by atoms with Crippen molar-refractivity contribution in [3.05, 3.63) is 58.7 Å². The molecular weight excluding hydrogens is 436 g/mol. The number of rotatable bonds is 6. The zero-order chi connectivity index (χ0) is 22.6. The summed E-state index contributed by atoms with van der Waals surface area (Å²) in [6, 6.07) is 12.8.